The Labute approximate surface area is 122 Å². The Bertz CT molecular complexity index is 656. The van der Waals surface area contributed by atoms with Gasteiger partial charge in [0.25, 0.3) is 0 Å². The molecule has 0 radical (unpaired) electrons. The molecular formula is C15H15ClN2O2. The molecule has 20 heavy (non-hydrogen) atoms. The number of halogens is 1. The fourth-order valence-corrected chi connectivity index (χ4v) is 1.97. The predicted octanol–water partition coefficient (Wildman–Crippen LogP) is 3.76. The second-order valence-corrected chi connectivity index (χ2v) is 4.81. The van der Waals surface area contributed by atoms with E-state index < -0.39 is 5.97 Å². The van der Waals surface area contributed by atoms with Gasteiger partial charge in [-0.15, -0.1) is 0 Å². The number of ether oxygens (including phenoxy) is 1. The van der Waals surface area contributed by atoms with Crippen LogP contribution < -0.4 is 11.1 Å². The third-order valence-corrected chi connectivity index (χ3v) is 3.18. The number of nitrogens with two attached hydrogens (primary N) is 1. The zero-order chi connectivity index (χ0) is 14.7. The van der Waals surface area contributed by atoms with Crippen LogP contribution in [0.3, 0.4) is 0 Å². The highest BCUT2D eigenvalue weighted by Gasteiger charge is 2.09. The van der Waals surface area contributed by atoms with Crippen LogP contribution in [0, 0.1) is 6.92 Å². The minimum atomic E-state index is -0.415. The van der Waals surface area contributed by atoms with Crippen molar-refractivity contribution in [1.29, 1.82) is 0 Å². The number of carbonyl (C=O) groups excluding carboxylic acids is 1. The highest BCUT2D eigenvalue weighted by Crippen LogP contribution is 2.28. The number of nitrogen functional groups attached to an aromatic ring is 1. The third kappa shape index (κ3) is 3.03. The van der Waals surface area contributed by atoms with E-state index >= 15 is 0 Å². The van der Waals surface area contributed by atoms with Crippen LogP contribution in [-0.2, 0) is 4.74 Å². The second kappa shape index (κ2) is 5.84. The molecule has 4 nitrogen and oxygen atoms in total. The molecule has 2 rings (SSSR count). The first-order chi connectivity index (χ1) is 9.51. The molecule has 0 aromatic heterocycles. The Balaban J connectivity index is 2.30. The summed E-state index contributed by atoms with van der Waals surface area (Å²) in [6.07, 6.45) is 0. The predicted molar refractivity (Wildman–Crippen MR) is 81.7 cm³/mol. The maximum atomic E-state index is 11.4. The lowest BCUT2D eigenvalue weighted by molar-refractivity contribution is 0.0601. The zero-order valence-electron chi connectivity index (χ0n) is 11.2. The summed E-state index contributed by atoms with van der Waals surface area (Å²) in [4.78, 5) is 11.4. The van der Waals surface area contributed by atoms with Crippen LogP contribution in [0.15, 0.2) is 36.4 Å². The number of nitrogens with one attached hydrogen (secondary N) is 1. The first-order valence-electron chi connectivity index (χ1n) is 6.02. The number of esters is 1. The molecule has 0 aliphatic rings. The molecule has 0 bridgehead atoms. The van der Waals surface area contributed by atoms with Gasteiger partial charge in [0.05, 0.1) is 24.0 Å². The maximum Gasteiger partial charge on any atom is 0.337 e. The first-order valence-corrected chi connectivity index (χ1v) is 6.40. The highest BCUT2D eigenvalue weighted by molar-refractivity contribution is 6.30. The van der Waals surface area contributed by atoms with Gasteiger partial charge < -0.3 is 15.8 Å². The van der Waals surface area contributed by atoms with Crippen molar-refractivity contribution in [3.05, 3.63) is 52.5 Å². The molecule has 0 amide bonds. The Hall–Kier alpha value is -2.20. The minimum absolute atomic E-state index is 0.415. The van der Waals surface area contributed by atoms with Gasteiger partial charge in [0, 0.05) is 10.7 Å². The molecule has 0 aliphatic carbocycles. The van der Waals surface area contributed by atoms with Crippen molar-refractivity contribution in [3.8, 4) is 0 Å². The van der Waals surface area contributed by atoms with E-state index in [1.165, 1.54) is 7.11 Å². The van der Waals surface area contributed by atoms with E-state index in [-0.39, 0.29) is 0 Å². The molecule has 5 heteroatoms. The number of carbonyl (C=O) groups is 1. The second-order valence-electron chi connectivity index (χ2n) is 4.38. The van der Waals surface area contributed by atoms with Gasteiger partial charge in [0.2, 0.25) is 0 Å². The lowest BCUT2D eigenvalue weighted by Crippen LogP contribution is -2.04. The highest BCUT2D eigenvalue weighted by atomic mass is 35.5. The molecule has 0 aliphatic heterocycles. The normalized spacial score (nSPS) is 10.2. The first kappa shape index (κ1) is 14.2. The van der Waals surface area contributed by atoms with Crippen LogP contribution in [-0.4, -0.2) is 13.1 Å². The monoisotopic (exact) mass is 290 g/mol. The minimum Gasteiger partial charge on any atom is -0.465 e. The molecule has 0 saturated carbocycles. The summed E-state index contributed by atoms with van der Waals surface area (Å²) in [5.74, 6) is -0.415. The van der Waals surface area contributed by atoms with Crippen molar-refractivity contribution in [3.63, 3.8) is 0 Å². The molecule has 0 fully saturated rings. The Morgan fingerprint density at radius 1 is 1.20 bits per heavy atom. The van der Waals surface area contributed by atoms with Gasteiger partial charge >= 0.3 is 5.97 Å². The van der Waals surface area contributed by atoms with Crippen LogP contribution in [0.1, 0.15) is 15.9 Å². The van der Waals surface area contributed by atoms with E-state index in [1.54, 1.807) is 18.2 Å². The Morgan fingerprint density at radius 2 is 1.95 bits per heavy atom. The number of benzene rings is 2. The zero-order valence-corrected chi connectivity index (χ0v) is 12.0. The standard InChI is InChI=1S/C15H15ClN2O2/c1-9-3-5-11(16)8-14(9)18-13-6-4-10(7-12(13)17)15(19)20-2/h3-8,18H,17H2,1-2H3. The number of aryl methyl sites for hydroxylation is 1. The fourth-order valence-electron chi connectivity index (χ4n) is 1.80. The van der Waals surface area contributed by atoms with Gasteiger partial charge in [-0.25, -0.2) is 4.79 Å². The summed E-state index contributed by atoms with van der Waals surface area (Å²) in [6, 6.07) is 10.5. The van der Waals surface area contributed by atoms with Gasteiger partial charge in [0.1, 0.15) is 0 Å². The van der Waals surface area contributed by atoms with Crippen LogP contribution in [0.25, 0.3) is 0 Å². The molecule has 104 valence electrons. The van der Waals surface area contributed by atoms with Crippen molar-refractivity contribution in [1.82, 2.24) is 0 Å². The molecule has 3 N–H and O–H groups in total. The molecule has 0 saturated heterocycles. The smallest absolute Gasteiger partial charge is 0.337 e. The van der Waals surface area contributed by atoms with Gasteiger partial charge in [-0.3, -0.25) is 0 Å². The van der Waals surface area contributed by atoms with Gasteiger partial charge in [0.15, 0.2) is 0 Å². The van der Waals surface area contributed by atoms with Crippen molar-refractivity contribution < 1.29 is 9.53 Å². The van der Waals surface area contributed by atoms with Crippen LogP contribution >= 0.6 is 11.6 Å². The van der Waals surface area contributed by atoms with Crippen LogP contribution in [0.5, 0.6) is 0 Å². The van der Waals surface area contributed by atoms with Crippen LogP contribution in [0.4, 0.5) is 17.1 Å². The van der Waals surface area contributed by atoms with E-state index in [0.717, 1.165) is 11.3 Å². The fraction of sp³-hybridized carbons (Fsp3) is 0.133. The third-order valence-electron chi connectivity index (χ3n) is 2.94. The number of methoxy groups -OCH3 is 1. The molecule has 0 heterocycles. The molecule has 0 spiro atoms. The van der Waals surface area contributed by atoms with Crippen molar-refractivity contribution >= 4 is 34.6 Å². The molecular weight excluding hydrogens is 276 g/mol. The van der Waals surface area contributed by atoms with E-state index in [9.17, 15) is 4.79 Å². The average molecular weight is 291 g/mol. The largest absolute Gasteiger partial charge is 0.465 e. The molecule has 0 atom stereocenters. The Morgan fingerprint density at radius 3 is 2.60 bits per heavy atom. The van der Waals surface area contributed by atoms with Gasteiger partial charge in [-0.05, 0) is 42.8 Å². The number of rotatable bonds is 3. The number of hydrogen-bond acceptors (Lipinski definition) is 4. The summed E-state index contributed by atoms with van der Waals surface area (Å²) in [5.41, 5.74) is 9.46. The summed E-state index contributed by atoms with van der Waals surface area (Å²) < 4.78 is 4.65. The van der Waals surface area contributed by atoms with E-state index in [4.69, 9.17) is 17.3 Å². The molecule has 2 aromatic rings. The topological polar surface area (TPSA) is 64.3 Å². The number of hydrogen-bond donors (Lipinski definition) is 2. The molecule has 0 unspecified atom stereocenters. The Kier molecular flexibility index (Phi) is 4.15. The van der Waals surface area contributed by atoms with E-state index in [0.29, 0.717) is 22.0 Å². The summed E-state index contributed by atoms with van der Waals surface area (Å²) in [5, 5.41) is 3.85. The molecule has 2 aromatic carbocycles. The quantitative estimate of drug-likeness (QED) is 0.667. The number of anilines is 3. The lowest BCUT2D eigenvalue weighted by Gasteiger charge is -2.13. The lowest BCUT2D eigenvalue weighted by atomic mass is 10.1. The van der Waals surface area contributed by atoms with E-state index in [1.807, 2.05) is 25.1 Å². The van der Waals surface area contributed by atoms with Gasteiger partial charge in [-0.1, -0.05) is 17.7 Å². The van der Waals surface area contributed by atoms with Crippen molar-refractivity contribution in [2.24, 2.45) is 0 Å². The van der Waals surface area contributed by atoms with E-state index in [2.05, 4.69) is 10.1 Å². The van der Waals surface area contributed by atoms with Crippen molar-refractivity contribution in [2.45, 2.75) is 6.92 Å². The SMILES string of the molecule is COC(=O)c1ccc(Nc2cc(Cl)ccc2C)c(N)c1. The van der Waals surface area contributed by atoms with Gasteiger partial charge in [-0.2, -0.15) is 0 Å². The summed E-state index contributed by atoms with van der Waals surface area (Å²) in [7, 11) is 1.33. The maximum absolute atomic E-state index is 11.4. The van der Waals surface area contributed by atoms with Crippen LogP contribution in [0.2, 0.25) is 5.02 Å². The summed E-state index contributed by atoms with van der Waals surface area (Å²) >= 11 is 5.98. The van der Waals surface area contributed by atoms with Crippen molar-refractivity contribution in [2.75, 3.05) is 18.2 Å². The summed E-state index contributed by atoms with van der Waals surface area (Å²) in [6.45, 7) is 1.97. The average Bonchev–Trinajstić information content (AvgIpc) is 2.44.